The summed E-state index contributed by atoms with van der Waals surface area (Å²) in [5, 5.41) is 20.0. The van der Waals surface area contributed by atoms with Gasteiger partial charge in [-0.2, -0.15) is 0 Å². The first-order valence-corrected chi connectivity index (χ1v) is 5.81. The van der Waals surface area contributed by atoms with Gasteiger partial charge in [0.15, 0.2) is 0 Å². The number of carbonyl (C=O) groups excluding carboxylic acids is 1. The van der Waals surface area contributed by atoms with Crippen LogP contribution in [0, 0.1) is 0 Å². The van der Waals surface area contributed by atoms with Crippen LogP contribution in [0.1, 0.15) is 11.7 Å². The first-order valence-electron chi connectivity index (χ1n) is 5.37. The first kappa shape index (κ1) is 12.7. The summed E-state index contributed by atoms with van der Waals surface area (Å²) in [6.45, 7) is 0. The van der Waals surface area contributed by atoms with E-state index in [-0.39, 0.29) is 5.56 Å². The molecule has 0 radical (unpaired) electrons. The van der Waals surface area contributed by atoms with E-state index < -0.39 is 12.1 Å². The number of rotatable bonds is 3. The maximum Gasteiger partial charge on any atom is 0.119 e. The summed E-state index contributed by atoms with van der Waals surface area (Å²) in [6.07, 6.45) is -1.65. The molecule has 0 spiro atoms. The minimum Gasteiger partial charge on any atom is -0.547 e. The number of hydrogen-bond acceptors (Lipinski definition) is 4. The molecule has 2 rings (SSSR count). The van der Waals surface area contributed by atoms with E-state index in [2.05, 4.69) is 12.6 Å². The monoisotopic (exact) mass is 259 g/mol. The van der Waals surface area contributed by atoms with Gasteiger partial charge in [-0.25, -0.2) is 0 Å². The molecule has 1 N–H and O–H groups in total. The minimum atomic E-state index is -1.65. The highest BCUT2D eigenvalue weighted by atomic mass is 32.1. The van der Waals surface area contributed by atoms with Gasteiger partial charge in [0.25, 0.3) is 0 Å². The van der Waals surface area contributed by atoms with Crippen LogP contribution in [0.3, 0.4) is 0 Å². The second-order valence-corrected chi connectivity index (χ2v) is 4.34. The van der Waals surface area contributed by atoms with E-state index in [0.717, 1.165) is 11.1 Å². The summed E-state index contributed by atoms with van der Waals surface area (Å²) in [5.74, 6) is -1.53. The number of aliphatic hydroxyl groups is 1. The Kier molecular flexibility index (Phi) is 3.69. The molecular weight excluding hydrogens is 248 g/mol. The standard InChI is InChI=1S/C14H12O3S/c15-13(14(16)17)11-7-6-10(8-12(11)18)9-4-2-1-3-5-9/h1-8,13,15,18H,(H,16,17)/p-1. The van der Waals surface area contributed by atoms with Crippen LogP contribution in [0.2, 0.25) is 0 Å². The third-order valence-electron chi connectivity index (χ3n) is 2.66. The molecule has 2 aromatic carbocycles. The highest BCUT2D eigenvalue weighted by molar-refractivity contribution is 7.80. The van der Waals surface area contributed by atoms with Crippen molar-refractivity contribution in [3.05, 3.63) is 54.1 Å². The van der Waals surface area contributed by atoms with E-state index in [1.807, 2.05) is 30.3 Å². The number of carbonyl (C=O) groups is 1. The van der Waals surface area contributed by atoms with Gasteiger partial charge in [0.2, 0.25) is 0 Å². The number of hydrogen-bond donors (Lipinski definition) is 2. The molecule has 0 heterocycles. The van der Waals surface area contributed by atoms with Gasteiger partial charge in [0.05, 0.1) is 5.97 Å². The van der Waals surface area contributed by atoms with E-state index in [1.165, 1.54) is 0 Å². The first-order chi connectivity index (χ1) is 8.59. The Morgan fingerprint density at radius 3 is 2.33 bits per heavy atom. The zero-order chi connectivity index (χ0) is 13.1. The molecule has 0 aromatic heterocycles. The van der Waals surface area contributed by atoms with Crippen LogP contribution < -0.4 is 5.11 Å². The summed E-state index contributed by atoms with van der Waals surface area (Å²) in [6, 6.07) is 14.6. The fraction of sp³-hybridized carbons (Fsp3) is 0.0714. The topological polar surface area (TPSA) is 60.4 Å². The van der Waals surface area contributed by atoms with E-state index in [0.29, 0.717) is 4.90 Å². The molecule has 0 saturated carbocycles. The second-order valence-electron chi connectivity index (χ2n) is 3.86. The predicted octanol–water partition coefficient (Wildman–Crippen LogP) is 1.43. The Labute approximate surface area is 110 Å². The molecular formula is C14H11O3S-. The fourth-order valence-corrected chi connectivity index (χ4v) is 2.05. The maximum atomic E-state index is 10.6. The van der Waals surface area contributed by atoms with Crippen LogP contribution in [0.25, 0.3) is 11.1 Å². The third-order valence-corrected chi connectivity index (χ3v) is 3.04. The van der Waals surface area contributed by atoms with Gasteiger partial charge in [-0.3, -0.25) is 0 Å². The summed E-state index contributed by atoms with van der Waals surface area (Å²) in [7, 11) is 0. The summed E-state index contributed by atoms with van der Waals surface area (Å²) in [4.78, 5) is 11.0. The number of aliphatic hydroxyl groups excluding tert-OH is 1. The van der Waals surface area contributed by atoms with E-state index in [9.17, 15) is 15.0 Å². The normalized spacial score (nSPS) is 12.1. The molecule has 0 aliphatic heterocycles. The third kappa shape index (κ3) is 2.55. The molecule has 0 saturated heterocycles. The molecule has 4 heteroatoms. The molecule has 0 aliphatic carbocycles. The van der Waals surface area contributed by atoms with Crippen LogP contribution in [0.4, 0.5) is 0 Å². The minimum absolute atomic E-state index is 0.234. The summed E-state index contributed by atoms with van der Waals surface area (Å²) >= 11 is 4.20. The zero-order valence-corrected chi connectivity index (χ0v) is 10.3. The molecule has 1 unspecified atom stereocenters. The van der Waals surface area contributed by atoms with Gasteiger partial charge in [0.1, 0.15) is 6.10 Å². The molecule has 0 amide bonds. The van der Waals surface area contributed by atoms with Gasteiger partial charge >= 0.3 is 0 Å². The van der Waals surface area contributed by atoms with Crippen molar-refractivity contribution in [2.24, 2.45) is 0 Å². The lowest BCUT2D eigenvalue weighted by Crippen LogP contribution is -2.29. The Balaban J connectivity index is 2.40. The quantitative estimate of drug-likeness (QED) is 0.820. The van der Waals surface area contributed by atoms with Crippen molar-refractivity contribution in [3.8, 4) is 11.1 Å². The number of carboxylic acids is 1. The molecule has 0 aliphatic rings. The zero-order valence-electron chi connectivity index (χ0n) is 9.41. The highest BCUT2D eigenvalue weighted by Gasteiger charge is 2.12. The van der Waals surface area contributed by atoms with Crippen LogP contribution in [-0.4, -0.2) is 11.1 Å². The predicted molar refractivity (Wildman–Crippen MR) is 69.1 cm³/mol. The maximum absolute atomic E-state index is 10.6. The SMILES string of the molecule is O=C([O-])C(O)c1ccc(-c2ccccc2)cc1S. The number of benzene rings is 2. The second kappa shape index (κ2) is 5.25. The van der Waals surface area contributed by atoms with Crippen LogP contribution in [0.5, 0.6) is 0 Å². The Hall–Kier alpha value is -1.78. The van der Waals surface area contributed by atoms with Gasteiger partial charge in [-0.05, 0) is 22.8 Å². The van der Waals surface area contributed by atoms with E-state index >= 15 is 0 Å². The lowest BCUT2D eigenvalue weighted by molar-refractivity contribution is -0.315. The Bertz CT molecular complexity index is 567. The van der Waals surface area contributed by atoms with Gasteiger partial charge in [0, 0.05) is 4.90 Å². The van der Waals surface area contributed by atoms with Gasteiger partial charge in [-0.1, -0.05) is 42.5 Å². The smallest absolute Gasteiger partial charge is 0.119 e. The van der Waals surface area contributed by atoms with Crippen molar-refractivity contribution in [3.63, 3.8) is 0 Å². The highest BCUT2D eigenvalue weighted by Crippen LogP contribution is 2.27. The summed E-state index contributed by atoms with van der Waals surface area (Å²) < 4.78 is 0. The van der Waals surface area contributed by atoms with Crippen molar-refractivity contribution < 1.29 is 15.0 Å². The van der Waals surface area contributed by atoms with Gasteiger partial charge < -0.3 is 15.0 Å². The molecule has 92 valence electrons. The number of carboxylic acid groups (broad SMARTS) is 1. The molecule has 1 atom stereocenters. The largest absolute Gasteiger partial charge is 0.547 e. The van der Waals surface area contributed by atoms with Crippen LogP contribution >= 0.6 is 12.6 Å². The average molecular weight is 259 g/mol. The summed E-state index contributed by atoms with van der Waals surface area (Å²) in [5.41, 5.74) is 2.15. The lowest BCUT2D eigenvalue weighted by Gasteiger charge is -2.15. The van der Waals surface area contributed by atoms with Crippen molar-refractivity contribution in [1.82, 2.24) is 0 Å². The Morgan fingerprint density at radius 1 is 1.11 bits per heavy atom. The molecule has 2 aromatic rings. The van der Waals surface area contributed by atoms with Gasteiger partial charge in [-0.15, -0.1) is 12.6 Å². The lowest BCUT2D eigenvalue weighted by atomic mass is 10.0. The molecule has 0 fully saturated rings. The fourth-order valence-electron chi connectivity index (χ4n) is 1.71. The Morgan fingerprint density at radius 2 is 1.78 bits per heavy atom. The van der Waals surface area contributed by atoms with E-state index in [1.54, 1.807) is 18.2 Å². The van der Waals surface area contributed by atoms with Crippen molar-refractivity contribution in [1.29, 1.82) is 0 Å². The van der Waals surface area contributed by atoms with Crippen molar-refractivity contribution >= 4 is 18.6 Å². The molecule has 0 bridgehead atoms. The van der Waals surface area contributed by atoms with Crippen molar-refractivity contribution in [2.45, 2.75) is 11.0 Å². The van der Waals surface area contributed by atoms with Crippen LogP contribution in [-0.2, 0) is 4.79 Å². The number of thiol groups is 1. The van der Waals surface area contributed by atoms with Crippen LogP contribution in [0.15, 0.2) is 53.4 Å². The molecule has 18 heavy (non-hydrogen) atoms. The van der Waals surface area contributed by atoms with E-state index in [4.69, 9.17) is 0 Å². The van der Waals surface area contributed by atoms with Crippen molar-refractivity contribution in [2.75, 3.05) is 0 Å². The number of aliphatic carboxylic acids is 1. The average Bonchev–Trinajstić information content (AvgIpc) is 2.38. The molecule has 3 nitrogen and oxygen atoms in total.